The smallest absolute Gasteiger partial charge is 0.343 e. The van der Waals surface area contributed by atoms with Crippen LogP contribution in [0, 0.1) is 18.3 Å². The average molecular weight is 251 g/mol. The first-order valence-corrected chi connectivity index (χ1v) is 5.94. The predicted molar refractivity (Wildman–Crippen MR) is 71.9 cm³/mol. The van der Waals surface area contributed by atoms with E-state index in [0.29, 0.717) is 17.7 Å². The van der Waals surface area contributed by atoms with Crippen molar-refractivity contribution in [3.05, 3.63) is 65.2 Å². The molecule has 0 atom stereocenters. The van der Waals surface area contributed by atoms with Crippen LogP contribution in [0.15, 0.2) is 48.5 Å². The second-order valence-electron chi connectivity index (χ2n) is 4.24. The normalized spacial score (nSPS) is 9.68. The van der Waals surface area contributed by atoms with Crippen molar-refractivity contribution in [3.8, 4) is 11.8 Å². The predicted octanol–water partition coefficient (Wildman–Crippen LogP) is 3.28. The lowest BCUT2D eigenvalue weighted by molar-refractivity contribution is 0.0734. The van der Waals surface area contributed by atoms with E-state index < -0.39 is 0 Å². The first kappa shape index (κ1) is 12.8. The Morgan fingerprint density at radius 2 is 1.95 bits per heavy atom. The molecule has 19 heavy (non-hydrogen) atoms. The largest absolute Gasteiger partial charge is 0.423 e. The Kier molecular flexibility index (Phi) is 3.94. The van der Waals surface area contributed by atoms with Gasteiger partial charge in [-0.1, -0.05) is 29.8 Å². The Labute approximate surface area is 112 Å². The Bertz CT molecular complexity index is 624. The first-order chi connectivity index (χ1) is 9.19. The zero-order valence-electron chi connectivity index (χ0n) is 10.6. The van der Waals surface area contributed by atoms with E-state index in [2.05, 4.69) is 6.07 Å². The van der Waals surface area contributed by atoms with Crippen LogP contribution in [0.25, 0.3) is 0 Å². The highest BCUT2D eigenvalue weighted by molar-refractivity contribution is 5.91. The summed E-state index contributed by atoms with van der Waals surface area (Å²) in [4.78, 5) is 11.9. The molecule has 0 heterocycles. The van der Waals surface area contributed by atoms with Crippen LogP contribution in [0.2, 0.25) is 0 Å². The third kappa shape index (κ3) is 3.43. The molecular formula is C16H13NO2. The minimum Gasteiger partial charge on any atom is -0.423 e. The molecule has 94 valence electrons. The molecule has 0 radical (unpaired) electrons. The molecule has 0 amide bonds. The van der Waals surface area contributed by atoms with Crippen LogP contribution >= 0.6 is 0 Å². The van der Waals surface area contributed by atoms with Gasteiger partial charge in [-0.05, 0) is 36.8 Å². The number of benzene rings is 2. The first-order valence-electron chi connectivity index (χ1n) is 5.94. The van der Waals surface area contributed by atoms with Gasteiger partial charge in [-0.25, -0.2) is 4.79 Å². The molecule has 2 rings (SSSR count). The van der Waals surface area contributed by atoms with E-state index in [-0.39, 0.29) is 5.97 Å². The molecular weight excluding hydrogens is 238 g/mol. The maximum atomic E-state index is 11.9. The van der Waals surface area contributed by atoms with Crippen LogP contribution < -0.4 is 4.74 Å². The number of nitrogens with zero attached hydrogens (tertiary/aromatic N) is 1. The van der Waals surface area contributed by atoms with E-state index in [1.165, 1.54) is 0 Å². The average Bonchev–Trinajstić information content (AvgIpc) is 2.41. The van der Waals surface area contributed by atoms with Gasteiger partial charge in [0.25, 0.3) is 0 Å². The van der Waals surface area contributed by atoms with Crippen LogP contribution in [0.5, 0.6) is 5.75 Å². The summed E-state index contributed by atoms with van der Waals surface area (Å²) in [5.41, 5.74) is 2.44. The van der Waals surface area contributed by atoms with E-state index in [1.807, 2.05) is 19.1 Å². The van der Waals surface area contributed by atoms with E-state index in [9.17, 15) is 4.79 Å². The highest BCUT2D eigenvalue weighted by Crippen LogP contribution is 2.15. The molecule has 0 fully saturated rings. The molecule has 0 saturated carbocycles. The second kappa shape index (κ2) is 5.83. The van der Waals surface area contributed by atoms with Crippen molar-refractivity contribution in [2.24, 2.45) is 0 Å². The number of carbonyl (C=O) groups excluding carboxylic acids is 1. The molecule has 0 spiro atoms. The molecule has 0 aliphatic heterocycles. The van der Waals surface area contributed by atoms with Gasteiger partial charge in [-0.15, -0.1) is 0 Å². The quantitative estimate of drug-likeness (QED) is 0.621. The molecule has 0 aromatic heterocycles. The summed E-state index contributed by atoms with van der Waals surface area (Å²) in [7, 11) is 0. The third-order valence-electron chi connectivity index (χ3n) is 2.67. The summed E-state index contributed by atoms with van der Waals surface area (Å²) in [5.74, 6) is 0.102. The molecule has 0 bridgehead atoms. The van der Waals surface area contributed by atoms with E-state index in [0.717, 1.165) is 11.1 Å². The van der Waals surface area contributed by atoms with Crippen LogP contribution in [0.4, 0.5) is 0 Å². The second-order valence-corrected chi connectivity index (χ2v) is 4.24. The fourth-order valence-electron chi connectivity index (χ4n) is 1.70. The molecule has 2 aromatic rings. The fraction of sp³-hybridized carbons (Fsp3) is 0.125. The topological polar surface area (TPSA) is 50.1 Å². The van der Waals surface area contributed by atoms with Gasteiger partial charge in [0.2, 0.25) is 0 Å². The van der Waals surface area contributed by atoms with Gasteiger partial charge < -0.3 is 4.74 Å². The molecule has 0 aliphatic carbocycles. The number of hydrogen-bond acceptors (Lipinski definition) is 3. The van der Waals surface area contributed by atoms with Crippen molar-refractivity contribution in [1.29, 1.82) is 5.26 Å². The van der Waals surface area contributed by atoms with Gasteiger partial charge in [-0.2, -0.15) is 5.26 Å². The summed E-state index contributed by atoms with van der Waals surface area (Å²) in [5, 5.41) is 8.57. The van der Waals surface area contributed by atoms with Gasteiger partial charge in [0, 0.05) is 0 Å². The monoisotopic (exact) mass is 251 g/mol. The van der Waals surface area contributed by atoms with Gasteiger partial charge >= 0.3 is 5.97 Å². The molecule has 0 N–H and O–H groups in total. The number of nitriles is 1. The van der Waals surface area contributed by atoms with Crippen molar-refractivity contribution in [1.82, 2.24) is 0 Å². The van der Waals surface area contributed by atoms with Gasteiger partial charge in [0.05, 0.1) is 18.1 Å². The molecule has 0 unspecified atom stereocenters. The van der Waals surface area contributed by atoms with Crippen LogP contribution in [0.3, 0.4) is 0 Å². The highest BCUT2D eigenvalue weighted by atomic mass is 16.5. The molecule has 3 nitrogen and oxygen atoms in total. The molecule has 0 aliphatic rings. The SMILES string of the molecule is Cc1cccc(C(=O)Oc2ccc(CC#N)cc2)c1. The van der Waals surface area contributed by atoms with E-state index >= 15 is 0 Å². The van der Waals surface area contributed by atoms with Crippen LogP contribution in [-0.4, -0.2) is 5.97 Å². The molecule has 3 heteroatoms. The lowest BCUT2D eigenvalue weighted by atomic mass is 10.1. The fourth-order valence-corrected chi connectivity index (χ4v) is 1.70. The minimum atomic E-state index is -0.378. The van der Waals surface area contributed by atoms with Crippen LogP contribution in [-0.2, 0) is 6.42 Å². The van der Waals surface area contributed by atoms with Crippen molar-refractivity contribution < 1.29 is 9.53 Å². The van der Waals surface area contributed by atoms with Crippen molar-refractivity contribution >= 4 is 5.97 Å². The zero-order chi connectivity index (χ0) is 13.7. The molecule has 2 aromatic carbocycles. The summed E-state index contributed by atoms with van der Waals surface area (Å²) < 4.78 is 5.27. The van der Waals surface area contributed by atoms with Gasteiger partial charge in [0.15, 0.2) is 0 Å². The summed E-state index contributed by atoms with van der Waals surface area (Å²) >= 11 is 0. The number of aryl methyl sites for hydroxylation is 1. The summed E-state index contributed by atoms with van der Waals surface area (Å²) in [6.07, 6.45) is 0.353. The van der Waals surface area contributed by atoms with Gasteiger partial charge in [-0.3, -0.25) is 0 Å². The lowest BCUT2D eigenvalue weighted by Gasteiger charge is -2.05. The number of carbonyl (C=O) groups is 1. The van der Waals surface area contributed by atoms with Gasteiger partial charge in [0.1, 0.15) is 5.75 Å². The Morgan fingerprint density at radius 1 is 1.21 bits per heavy atom. The van der Waals surface area contributed by atoms with Crippen molar-refractivity contribution in [2.45, 2.75) is 13.3 Å². The van der Waals surface area contributed by atoms with Crippen molar-refractivity contribution in [2.75, 3.05) is 0 Å². The van der Waals surface area contributed by atoms with Crippen molar-refractivity contribution in [3.63, 3.8) is 0 Å². The maximum Gasteiger partial charge on any atom is 0.343 e. The summed E-state index contributed by atoms with van der Waals surface area (Å²) in [6, 6.07) is 16.3. The minimum absolute atomic E-state index is 0.353. The number of hydrogen-bond donors (Lipinski definition) is 0. The third-order valence-corrected chi connectivity index (χ3v) is 2.67. The number of esters is 1. The maximum absolute atomic E-state index is 11.9. The Morgan fingerprint density at radius 3 is 2.58 bits per heavy atom. The molecule has 0 saturated heterocycles. The number of ether oxygens (including phenoxy) is 1. The summed E-state index contributed by atoms with van der Waals surface area (Å²) in [6.45, 7) is 1.92. The highest BCUT2D eigenvalue weighted by Gasteiger charge is 2.08. The Balaban J connectivity index is 2.09. The lowest BCUT2D eigenvalue weighted by Crippen LogP contribution is -2.08. The standard InChI is InChI=1S/C16H13NO2/c1-12-3-2-4-14(11-12)16(18)19-15-7-5-13(6-8-15)9-10-17/h2-8,11H,9H2,1H3. The number of rotatable bonds is 3. The van der Waals surface area contributed by atoms with E-state index in [4.69, 9.17) is 10.00 Å². The Hall–Kier alpha value is -2.60. The van der Waals surface area contributed by atoms with Crippen LogP contribution in [0.1, 0.15) is 21.5 Å². The van der Waals surface area contributed by atoms with E-state index in [1.54, 1.807) is 36.4 Å². The zero-order valence-corrected chi connectivity index (χ0v) is 10.6.